The highest BCUT2D eigenvalue weighted by Gasteiger charge is 2.93. The number of hydrogen-bond acceptors (Lipinski definition) is 10. The summed E-state index contributed by atoms with van der Waals surface area (Å²) in [6, 6.07) is 0. The molecule has 11 atom stereocenters. The molecule has 4 N–H and O–H groups in total. The molecular weight excluding hydrogens is 544 g/mol. The Morgan fingerprint density at radius 1 is 1.14 bits per heavy atom. The first kappa shape index (κ1) is 30.8. The van der Waals surface area contributed by atoms with E-state index in [0.29, 0.717) is 0 Å². The lowest BCUT2D eigenvalue weighted by molar-refractivity contribution is -0.243. The monoisotopic (exact) mass is 586 g/mol. The lowest BCUT2D eigenvalue weighted by Crippen LogP contribution is -2.69. The van der Waals surface area contributed by atoms with Crippen molar-refractivity contribution in [3.63, 3.8) is 0 Å². The zero-order chi connectivity index (χ0) is 31.0. The average Bonchev–Trinajstić information content (AvgIpc) is 3.75. The lowest BCUT2D eigenvalue weighted by atomic mass is 9.58. The predicted molar refractivity (Wildman–Crippen MR) is 149 cm³/mol. The molecule has 0 bridgehead atoms. The van der Waals surface area contributed by atoms with Crippen LogP contribution in [0.5, 0.6) is 0 Å². The normalized spacial score (nSPS) is 46.5. The number of ketones is 1. The lowest BCUT2D eigenvalue weighted by Gasteiger charge is -2.53. The number of rotatable bonds is 8. The van der Waals surface area contributed by atoms with Gasteiger partial charge in [-0.3, -0.25) is 9.59 Å². The minimum absolute atomic E-state index is 0.149. The average molecular weight is 587 g/mol. The van der Waals surface area contributed by atoms with Crippen LogP contribution in [0.4, 0.5) is 0 Å². The molecule has 1 heterocycles. The van der Waals surface area contributed by atoms with Crippen LogP contribution in [0.2, 0.25) is 0 Å². The van der Waals surface area contributed by atoms with Crippen LogP contribution in [0, 0.1) is 29.1 Å². The molecule has 0 radical (unpaired) electrons. The third-order valence-corrected chi connectivity index (χ3v) is 10.7. The molecule has 0 aromatic carbocycles. The molecule has 4 fully saturated rings. The number of epoxide rings is 1. The number of unbranched alkanes of at least 4 members (excludes halogenated alkanes) is 1. The number of fused-ring (bicyclic) bond motifs is 7. The molecule has 10 heteroatoms. The second kappa shape index (κ2) is 9.95. The Morgan fingerprint density at radius 3 is 2.43 bits per heavy atom. The van der Waals surface area contributed by atoms with Crippen molar-refractivity contribution in [2.45, 2.75) is 95.1 Å². The van der Waals surface area contributed by atoms with Gasteiger partial charge in [0.15, 0.2) is 17.0 Å². The summed E-state index contributed by atoms with van der Waals surface area (Å²) in [4.78, 5) is 39.1. The van der Waals surface area contributed by atoms with E-state index in [-0.39, 0.29) is 5.57 Å². The topological polar surface area (TPSA) is 163 Å². The van der Waals surface area contributed by atoms with Crippen LogP contribution in [-0.4, -0.2) is 85.5 Å². The van der Waals surface area contributed by atoms with Crippen LogP contribution in [0.15, 0.2) is 48.1 Å². The number of allylic oxidation sites excluding steroid dienone is 5. The van der Waals surface area contributed by atoms with Gasteiger partial charge in [-0.25, -0.2) is 4.79 Å². The molecule has 0 aromatic heterocycles. The quantitative estimate of drug-likeness (QED) is 0.142. The standard InChI is InChI=1S/C32H42O10/c1-7-8-9-10-11-12-13-14-21(35)40-25-18(3)30(38)20-15-17(2)24(36)31(20,39)27(37)29(16-33)26(42-29)22(30)23-28(5,6)32(23,25)41-19(4)34/h9-15,18,20,22-23,25-27,33,37-39H,7-8,16H2,1-6H3. The van der Waals surface area contributed by atoms with Gasteiger partial charge in [0.1, 0.15) is 17.8 Å². The molecule has 42 heavy (non-hydrogen) atoms. The Labute approximate surface area is 245 Å². The van der Waals surface area contributed by atoms with Gasteiger partial charge in [-0.1, -0.05) is 70.6 Å². The van der Waals surface area contributed by atoms with Crippen LogP contribution < -0.4 is 0 Å². The zero-order valence-electron chi connectivity index (χ0n) is 24.9. The Morgan fingerprint density at radius 2 is 1.81 bits per heavy atom. The minimum Gasteiger partial charge on any atom is -0.455 e. The summed E-state index contributed by atoms with van der Waals surface area (Å²) in [5.74, 6) is -6.00. The molecule has 5 rings (SSSR count). The van der Waals surface area contributed by atoms with Crippen molar-refractivity contribution in [3.8, 4) is 0 Å². The second-order valence-corrected chi connectivity index (χ2v) is 13.1. The van der Waals surface area contributed by atoms with E-state index in [2.05, 4.69) is 6.92 Å². The van der Waals surface area contributed by atoms with Gasteiger partial charge in [0.05, 0.1) is 18.3 Å². The van der Waals surface area contributed by atoms with Gasteiger partial charge in [0, 0.05) is 42.1 Å². The van der Waals surface area contributed by atoms with Crippen LogP contribution in [-0.2, 0) is 28.6 Å². The fourth-order valence-corrected chi connectivity index (χ4v) is 8.67. The van der Waals surface area contributed by atoms with E-state index in [0.717, 1.165) is 12.8 Å². The largest absolute Gasteiger partial charge is 0.455 e. The maximum atomic E-state index is 13.4. The highest BCUT2D eigenvalue weighted by molar-refractivity contribution is 6.05. The molecule has 0 amide bonds. The minimum atomic E-state index is -2.50. The van der Waals surface area contributed by atoms with E-state index in [1.807, 2.05) is 26.0 Å². The van der Waals surface area contributed by atoms with Crippen molar-refractivity contribution in [1.29, 1.82) is 0 Å². The summed E-state index contributed by atoms with van der Waals surface area (Å²) in [6.45, 7) is 9.39. The van der Waals surface area contributed by atoms with E-state index in [9.17, 15) is 34.8 Å². The number of hydrogen-bond donors (Lipinski definition) is 4. The van der Waals surface area contributed by atoms with E-state index in [1.165, 1.54) is 32.1 Å². The summed E-state index contributed by atoms with van der Waals surface area (Å²) in [7, 11) is 0. The first-order chi connectivity index (χ1) is 19.6. The fourth-order valence-electron chi connectivity index (χ4n) is 8.67. The molecule has 1 aliphatic heterocycles. The summed E-state index contributed by atoms with van der Waals surface area (Å²) in [6.07, 6.45) is 9.51. The van der Waals surface area contributed by atoms with Gasteiger partial charge in [0.2, 0.25) is 0 Å². The Kier molecular flexibility index (Phi) is 7.30. The number of carbonyl (C=O) groups is 3. The molecule has 5 aliphatic rings. The van der Waals surface area contributed by atoms with Crippen molar-refractivity contribution in [3.05, 3.63) is 48.1 Å². The third kappa shape index (κ3) is 3.78. The van der Waals surface area contributed by atoms with E-state index in [1.54, 1.807) is 19.1 Å². The summed E-state index contributed by atoms with van der Waals surface area (Å²) in [5, 5.41) is 46.6. The number of aliphatic hydroxyl groups is 4. The molecule has 4 aliphatic carbocycles. The summed E-state index contributed by atoms with van der Waals surface area (Å²) >= 11 is 0. The molecule has 0 aromatic rings. The Hall–Kier alpha value is -2.63. The molecule has 11 unspecified atom stereocenters. The predicted octanol–water partition coefficient (Wildman–Crippen LogP) is 1.70. The van der Waals surface area contributed by atoms with Crippen LogP contribution in [0.25, 0.3) is 0 Å². The van der Waals surface area contributed by atoms with Crippen molar-refractivity contribution in [1.82, 2.24) is 0 Å². The van der Waals surface area contributed by atoms with Crippen molar-refractivity contribution < 1.29 is 49.0 Å². The van der Waals surface area contributed by atoms with Crippen LogP contribution in [0.3, 0.4) is 0 Å². The van der Waals surface area contributed by atoms with Crippen LogP contribution >= 0.6 is 0 Å². The van der Waals surface area contributed by atoms with Gasteiger partial charge >= 0.3 is 11.9 Å². The Bertz CT molecular complexity index is 1300. The first-order valence-corrected chi connectivity index (χ1v) is 14.7. The fraction of sp³-hybridized carbons (Fsp3) is 0.656. The number of carbonyl (C=O) groups excluding carboxylic acids is 3. The van der Waals surface area contributed by atoms with Crippen molar-refractivity contribution >= 4 is 17.7 Å². The number of Topliss-reactive ketones (excluding diaryl/α,β-unsaturated/α-hetero) is 1. The van der Waals surface area contributed by atoms with E-state index < -0.39 is 94.1 Å². The van der Waals surface area contributed by atoms with Gasteiger partial charge in [-0.2, -0.15) is 0 Å². The Balaban J connectivity index is 1.59. The van der Waals surface area contributed by atoms with Crippen molar-refractivity contribution in [2.75, 3.05) is 6.61 Å². The highest BCUT2D eigenvalue weighted by atomic mass is 16.6. The number of aliphatic hydroxyl groups excluding tert-OH is 2. The maximum absolute atomic E-state index is 13.4. The van der Waals surface area contributed by atoms with Crippen molar-refractivity contribution in [2.24, 2.45) is 29.1 Å². The van der Waals surface area contributed by atoms with Gasteiger partial charge in [-0.05, 0) is 18.9 Å². The molecule has 0 spiro atoms. The molecular formula is C32H42O10. The van der Waals surface area contributed by atoms with E-state index >= 15 is 0 Å². The SMILES string of the molecule is CCCC=CC=CC=CC(=O)OC1C(C)C2(O)C(C3OC3(CO)C(O)C3(O)C(=O)C(C)=CC32)C2C(C)(C)C12OC(C)=O. The molecule has 1 saturated heterocycles. The highest BCUT2D eigenvalue weighted by Crippen LogP contribution is 2.79. The molecule has 230 valence electrons. The molecule has 10 nitrogen and oxygen atoms in total. The number of esters is 2. The van der Waals surface area contributed by atoms with Crippen LogP contribution in [0.1, 0.15) is 54.4 Å². The smallest absolute Gasteiger partial charge is 0.331 e. The van der Waals surface area contributed by atoms with E-state index in [4.69, 9.17) is 14.2 Å². The first-order valence-electron chi connectivity index (χ1n) is 14.7. The second-order valence-electron chi connectivity index (χ2n) is 13.1. The molecule has 3 saturated carbocycles. The van der Waals surface area contributed by atoms with Gasteiger partial charge < -0.3 is 34.6 Å². The van der Waals surface area contributed by atoms with Gasteiger partial charge in [-0.15, -0.1) is 0 Å². The zero-order valence-corrected chi connectivity index (χ0v) is 24.9. The number of ether oxygens (including phenoxy) is 3. The summed E-state index contributed by atoms with van der Waals surface area (Å²) in [5.41, 5.74) is -8.26. The maximum Gasteiger partial charge on any atom is 0.331 e. The summed E-state index contributed by atoms with van der Waals surface area (Å²) < 4.78 is 17.9. The van der Waals surface area contributed by atoms with Gasteiger partial charge in [0.25, 0.3) is 0 Å². The third-order valence-electron chi connectivity index (χ3n) is 10.7.